The molecule has 0 bridgehead atoms. The normalized spacial score (nSPS) is 16.7. The summed E-state index contributed by atoms with van der Waals surface area (Å²) in [5, 5.41) is 5.99. The monoisotopic (exact) mass is 259 g/mol. The number of carbonyl (C=O) groups excluding carboxylic acids is 1. The van der Waals surface area contributed by atoms with E-state index in [1.807, 2.05) is 0 Å². The summed E-state index contributed by atoms with van der Waals surface area (Å²) in [6, 6.07) is 0. The number of hydrogen-bond acceptors (Lipinski definition) is 5. The average molecular weight is 259 g/mol. The third kappa shape index (κ3) is 7.60. The quantitative estimate of drug-likeness (QED) is 0.523. The van der Waals surface area contributed by atoms with Gasteiger partial charge in [-0.2, -0.15) is 0 Å². The van der Waals surface area contributed by atoms with E-state index in [1.165, 1.54) is 0 Å². The maximum absolute atomic E-state index is 11.5. The lowest BCUT2D eigenvalue weighted by Gasteiger charge is -2.26. The molecule has 0 aromatic rings. The molecule has 1 rings (SSSR count). The molecule has 18 heavy (non-hydrogen) atoms. The molecular formula is C12H25N3O3. The van der Waals surface area contributed by atoms with Gasteiger partial charge in [0.2, 0.25) is 5.91 Å². The molecule has 1 amide bonds. The number of carbonyl (C=O) groups is 1. The molecule has 6 nitrogen and oxygen atoms in total. The molecule has 1 saturated heterocycles. The van der Waals surface area contributed by atoms with Gasteiger partial charge in [0.15, 0.2) is 0 Å². The third-order valence-electron chi connectivity index (χ3n) is 2.84. The molecule has 1 heterocycles. The van der Waals surface area contributed by atoms with Crippen LogP contribution >= 0.6 is 0 Å². The van der Waals surface area contributed by atoms with Gasteiger partial charge in [-0.3, -0.25) is 9.69 Å². The summed E-state index contributed by atoms with van der Waals surface area (Å²) < 4.78 is 10.2. The van der Waals surface area contributed by atoms with Crippen molar-refractivity contribution in [3.05, 3.63) is 0 Å². The predicted octanol–water partition coefficient (Wildman–Crippen LogP) is -0.939. The lowest BCUT2D eigenvalue weighted by molar-refractivity contribution is -0.120. The Morgan fingerprint density at radius 3 is 2.83 bits per heavy atom. The molecule has 0 aliphatic carbocycles. The second-order valence-corrected chi connectivity index (χ2v) is 4.33. The zero-order chi connectivity index (χ0) is 13.1. The number of morpholine rings is 1. The van der Waals surface area contributed by atoms with Crippen molar-refractivity contribution in [2.24, 2.45) is 0 Å². The molecule has 0 saturated carbocycles. The molecule has 0 aromatic heterocycles. The van der Waals surface area contributed by atoms with E-state index in [2.05, 4.69) is 15.5 Å². The van der Waals surface area contributed by atoms with Gasteiger partial charge in [0.25, 0.3) is 0 Å². The molecule has 0 radical (unpaired) electrons. The van der Waals surface area contributed by atoms with Gasteiger partial charge >= 0.3 is 0 Å². The zero-order valence-electron chi connectivity index (χ0n) is 11.2. The Hall–Kier alpha value is -0.690. The van der Waals surface area contributed by atoms with Crippen molar-refractivity contribution in [3.63, 3.8) is 0 Å². The van der Waals surface area contributed by atoms with Gasteiger partial charge in [-0.1, -0.05) is 0 Å². The van der Waals surface area contributed by atoms with Crippen molar-refractivity contribution in [2.75, 3.05) is 66.2 Å². The van der Waals surface area contributed by atoms with Gasteiger partial charge in [-0.15, -0.1) is 0 Å². The molecule has 1 fully saturated rings. The smallest absolute Gasteiger partial charge is 0.234 e. The summed E-state index contributed by atoms with van der Waals surface area (Å²) in [6.07, 6.45) is 0.928. The van der Waals surface area contributed by atoms with Crippen molar-refractivity contribution in [1.29, 1.82) is 0 Å². The van der Waals surface area contributed by atoms with Gasteiger partial charge in [-0.05, 0) is 13.0 Å². The van der Waals surface area contributed by atoms with Crippen LogP contribution in [0.15, 0.2) is 0 Å². The lowest BCUT2D eigenvalue weighted by atomic mass is 10.4. The highest BCUT2D eigenvalue weighted by atomic mass is 16.5. The minimum atomic E-state index is 0.0562. The highest BCUT2D eigenvalue weighted by Crippen LogP contribution is 1.94. The van der Waals surface area contributed by atoms with E-state index in [4.69, 9.17) is 9.47 Å². The molecule has 106 valence electrons. The fraction of sp³-hybridized carbons (Fsp3) is 0.917. The van der Waals surface area contributed by atoms with E-state index in [0.29, 0.717) is 13.1 Å². The van der Waals surface area contributed by atoms with E-state index < -0.39 is 0 Å². The molecule has 6 heteroatoms. The molecule has 0 atom stereocenters. The fourth-order valence-electron chi connectivity index (χ4n) is 1.78. The molecule has 0 unspecified atom stereocenters. The number of nitrogens with zero attached hydrogens (tertiary/aromatic N) is 1. The standard InChI is InChI=1S/C12H25N3O3/c1-17-8-2-3-13-11-12(16)14-4-5-15-6-9-18-10-7-15/h13H,2-11H2,1H3,(H,14,16). The van der Waals surface area contributed by atoms with E-state index in [-0.39, 0.29) is 5.91 Å². The Labute approximate surface area is 109 Å². The van der Waals surface area contributed by atoms with Gasteiger partial charge in [0, 0.05) is 39.9 Å². The molecular weight excluding hydrogens is 234 g/mol. The van der Waals surface area contributed by atoms with Crippen molar-refractivity contribution in [2.45, 2.75) is 6.42 Å². The molecule has 2 N–H and O–H groups in total. The van der Waals surface area contributed by atoms with Crippen LogP contribution < -0.4 is 10.6 Å². The van der Waals surface area contributed by atoms with E-state index in [0.717, 1.165) is 52.4 Å². The summed E-state index contributed by atoms with van der Waals surface area (Å²) in [4.78, 5) is 13.8. The second kappa shape index (κ2) is 10.3. The van der Waals surface area contributed by atoms with Crippen LogP contribution in [0.1, 0.15) is 6.42 Å². The van der Waals surface area contributed by atoms with Crippen LogP contribution in [0.5, 0.6) is 0 Å². The summed E-state index contributed by atoms with van der Waals surface area (Å²) >= 11 is 0. The molecule has 0 spiro atoms. The number of amides is 1. The number of methoxy groups -OCH3 is 1. The highest BCUT2D eigenvalue weighted by molar-refractivity contribution is 5.77. The Morgan fingerprint density at radius 1 is 1.33 bits per heavy atom. The summed E-state index contributed by atoms with van der Waals surface area (Å²) in [5.41, 5.74) is 0. The third-order valence-corrected chi connectivity index (χ3v) is 2.84. The Bertz CT molecular complexity index is 221. The number of nitrogens with one attached hydrogen (secondary N) is 2. The lowest BCUT2D eigenvalue weighted by Crippen LogP contribution is -2.43. The van der Waals surface area contributed by atoms with Gasteiger partial charge in [0.05, 0.1) is 19.8 Å². The van der Waals surface area contributed by atoms with Crippen LogP contribution in [0.25, 0.3) is 0 Å². The fourth-order valence-corrected chi connectivity index (χ4v) is 1.78. The largest absolute Gasteiger partial charge is 0.385 e. The van der Waals surface area contributed by atoms with Gasteiger partial charge in [0.1, 0.15) is 0 Å². The zero-order valence-corrected chi connectivity index (χ0v) is 11.2. The summed E-state index contributed by atoms with van der Waals surface area (Å²) in [7, 11) is 1.68. The Kier molecular flexibility index (Phi) is 8.75. The number of ether oxygens (including phenoxy) is 2. The van der Waals surface area contributed by atoms with Crippen molar-refractivity contribution >= 4 is 5.91 Å². The van der Waals surface area contributed by atoms with Crippen molar-refractivity contribution in [3.8, 4) is 0 Å². The van der Waals surface area contributed by atoms with Crippen LogP contribution in [0.4, 0.5) is 0 Å². The Balaban J connectivity index is 1.89. The first-order valence-corrected chi connectivity index (χ1v) is 6.59. The Morgan fingerprint density at radius 2 is 2.11 bits per heavy atom. The van der Waals surface area contributed by atoms with Gasteiger partial charge < -0.3 is 20.1 Å². The van der Waals surface area contributed by atoms with E-state index in [1.54, 1.807) is 7.11 Å². The first-order chi connectivity index (χ1) is 8.83. The number of rotatable bonds is 9. The van der Waals surface area contributed by atoms with Crippen LogP contribution in [-0.2, 0) is 14.3 Å². The predicted molar refractivity (Wildman–Crippen MR) is 69.6 cm³/mol. The van der Waals surface area contributed by atoms with E-state index >= 15 is 0 Å². The van der Waals surface area contributed by atoms with Crippen LogP contribution in [0.2, 0.25) is 0 Å². The molecule has 1 aliphatic rings. The minimum Gasteiger partial charge on any atom is -0.385 e. The number of hydrogen-bond donors (Lipinski definition) is 2. The average Bonchev–Trinajstić information content (AvgIpc) is 2.40. The first-order valence-electron chi connectivity index (χ1n) is 6.59. The van der Waals surface area contributed by atoms with Crippen LogP contribution in [-0.4, -0.2) is 77.0 Å². The van der Waals surface area contributed by atoms with Crippen molar-refractivity contribution in [1.82, 2.24) is 15.5 Å². The minimum absolute atomic E-state index is 0.0562. The van der Waals surface area contributed by atoms with Crippen molar-refractivity contribution < 1.29 is 14.3 Å². The maximum Gasteiger partial charge on any atom is 0.234 e. The molecule has 0 aromatic carbocycles. The second-order valence-electron chi connectivity index (χ2n) is 4.33. The maximum atomic E-state index is 11.5. The molecule has 1 aliphatic heterocycles. The van der Waals surface area contributed by atoms with Crippen LogP contribution in [0.3, 0.4) is 0 Å². The SMILES string of the molecule is COCCCNCC(=O)NCCN1CCOCC1. The summed E-state index contributed by atoms with van der Waals surface area (Å²) in [6.45, 7) is 7.06. The summed E-state index contributed by atoms with van der Waals surface area (Å²) in [5.74, 6) is 0.0562. The van der Waals surface area contributed by atoms with E-state index in [9.17, 15) is 4.79 Å². The first kappa shape index (κ1) is 15.4. The van der Waals surface area contributed by atoms with Gasteiger partial charge in [-0.25, -0.2) is 0 Å². The highest BCUT2D eigenvalue weighted by Gasteiger charge is 2.09. The topological polar surface area (TPSA) is 62.8 Å². The van der Waals surface area contributed by atoms with Crippen LogP contribution in [0, 0.1) is 0 Å².